The Labute approximate surface area is 318 Å². The zero-order chi connectivity index (χ0) is 37.6. The van der Waals surface area contributed by atoms with Gasteiger partial charge in [-0.2, -0.15) is 0 Å². The van der Waals surface area contributed by atoms with Gasteiger partial charge >= 0.3 is 6.09 Å². The number of methoxy groups -OCH3 is 1. The van der Waals surface area contributed by atoms with Crippen LogP contribution in [0, 0.1) is 0 Å². The van der Waals surface area contributed by atoms with Crippen molar-refractivity contribution >= 4 is 39.7 Å². The summed E-state index contributed by atoms with van der Waals surface area (Å²) in [5.41, 5.74) is 7.56. The van der Waals surface area contributed by atoms with Crippen molar-refractivity contribution in [1.29, 1.82) is 0 Å². The summed E-state index contributed by atoms with van der Waals surface area (Å²) in [6.07, 6.45) is 6.08. The molecule has 3 N–H and O–H groups in total. The molecule has 3 aliphatic heterocycles. The number of rotatable bonds is 8. The van der Waals surface area contributed by atoms with Crippen LogP contribution in [-0.4, -0.2) is 67.8 Å². The van der Waals surface area contributed by atoms with Crippen LogP contribution in [0.15, 0.2) is 79.0 Å². The van der Waals surface area contributed by atoms with Crippen LogP contribution < -0.4 is 10.1 Å². The summed E-state index contributed by atoms with van der Waals surface area (Å²) in [7, 11) is 1.29. The van der Waals surface area contributed by atoms with E-state index in [2.05, 4.69) is 51.7 Å². The second-order valence-electron chi connectivity index (χ2n) is 14.7. The van der Waals surface area contributed by atoms with Crippen LogP contribution in [-0.2, 0) is 20.9 Å². The van der Waals surface area contributed by atoms with Crippen LogP contribution in [0.5, 0.6) is 5.75 Å². The van der Waals surface area contributed by atoms with E-state index in [4.69, 9.17) is 19.4 Å². The Hall–Kier alpha value is -6.17. The Balaban J connectivity index is 0.987. The van der Waals surface area contributed by atoms with Crippen LogP contribution >= 0.6 is 0 Å². The minimum Gasteiger partial charge on any atom is -0.488 e. The molecule has 0 radical (unpaired) electrons. The average Bonchev–Trinajstić information content (AvgIpc) is 4.05. The lowest BCUT2D eigenvalue weighted by molar-refractivity contribution is -0.134. The molecule has 2 aromatic heterocycles. The molecule has 3 aliphatic rings. The van der Waals surface area contributed by atoms with Gasteiger partial charge in [-0.3, -0.25) is 9.59 Å². The number of aromatic nitrogens is 4. The number of alkyl carbamates (subject to hydrolysis) is 1. The normalized spacial score (nSPS) is 18.2. The van der Waals surface area contributed by atoms with E-state index in [0.717, 1.165) is 100.0 Å². The molecule has 55 heavy (non-hydrogen) atoms. The number of imidazole rings is 2. The van der Waals surface area contributed by atoms with Gasteiger partial charge in [0.25, 0.3) is 5.91 Å². The van der Waals surface area contributed by atoms with Crippen LogP contribution in [0.3, 0.4) is 0 Å². The smallest absolute Gasteiger partial charge is 0.407 e. The van der Waals surface area contributed by atoms with Crippen LogP contribution in [0.25, 0.3) is 44.2 Å². The monoisotopic (exact) mass is 737 g/mol. The Morgan fingerprint density at radius 1 is 0.927 bits per heavy atom. The lowest BCUT2D eigenvalue weighted by Crippen LogP contribution is -2.42. The predicted octanol–water partition coefficient (Wildman–Crippen LogP) is 7.89. The first kappa shape index (κ1) is 34.6. The number of hydrogen-bond acceptors (Lipinski definition) is 7. The highest BCUT2D eigenvalue weighted by atomic mass is 16.5. The molecule has 12 nitrogen and oxygen atoms in total. The molecule has 2 saturated heterocycles. The van der Waals surface area contributed by atoms with Crippen molar-refractivity contribution in [2.45, 2.75) is 70.2 Å². The lowest BCUT2D eigenvalue weighted by atomic mass is 9.92. The topological polar surface area (TPSA) is 146 Å². The second kappa shape index (κ2) is 14.2. The van der Waals surface area contributed by atoms with Gasteiger partial charge in [0.05, 0.1) is 42.1 Å². The summed E-state index contributed by atoms with van der Waals surface area (Å²) in [5, 5.41) is 4.74. The van der Waals surface area contributed by atoms with Crippen molar-refractivity contribution in [3.05, 3.63) is 102 Å². The first-order valence-electron chi connectivity index (χ1n) is 19.2. The maximum Gasteiger partial charge on any atom is 0.407 e. The van der Waals surface area contributed by atoms with Crippen molar-refractivity contribution in [2.75, 3.05) is 20.2 Å². The van der Waals surface area contributed by atoms with E-state index in [1.807, 2.05) is 59.3 Å². The van der Waals surface area contributed by atoms with Crippen molar-refractivity contribution in [1.82, 2.24) is 35.1 Å². The summed E-state index contributed by atoms with van der Waals surface area (Å²) >= 11 is 0. The maximum absolute atomic E-state index is 14.1. The molecular weight excluding hydrogens is 695 g/mol. The number of benzene rings is 4. The van der Waals surface area contributed by atoms with E-state index >= 15 is 0 Å². The van der Waals surface area contributed by atoms with Gasteiger partial charge in [0.15, 0.2) is 0 Å². The third kappa shape index (κ3) is 6.25. The van der Waals surface area contributed by atoms with Crippen LogP contribution in [0.2, 0.25) is 0 Å². The highest BCUT2D eigenvalue weighted by Crippen LogP contribution is 2.43. The number of carbonyl (C=O) groups excluding carboxylic acids is 3. The largest absolute Gasteiger partial charge is 0.488 e. The maximum atomic E-state index is 14.1. The molecule has 0 spiro atoms. The number of nitrogens with zero attached hydrogens (tertiary/aromatic N) is 4. The summed E-state index contributed by atoms with van der Waals surface area (Å²) < 4.78 is 11.3. The number of fused-ring (bicyclic) bond motifs is 6. The summed E-state index contributed by atoms with van der Waals surface area (Å²) in [5.74, 6) is 2.34. The zero-order valence-corrected chi connectivity index (χ0v) is 30.9. The van der Waals surface area contributed by atoms with E-state index in [1.165, 1.54) is 7.11 Å². The quantitative estimate of drug-likeness (QED) is 0.144. The molecule has 0 saturated carbocycles. The predicted molar refractivity (Wildman–Crippen MR) is 208 cm³/mol. The minimum absolute atomic E-state index is 0.00657. The van der Waals surface area contributed by atoms with Gasteiger partial charge in [0, 0.05) is 30.5 Å². The Morgan fingerprint density at radius 2 is 1.73 bits per heavy atom. The molecule has 0 unspecified atom stereocenters. The highest BCUT2D eigenvalue weighted by Gasteiger charge is 2.37. The van der Waals surface area contributed by atoms with E-state index < -0.39 is 12.1 Å². The molecule has 280 valence electrons. The van der Waals surface area contributed by atoms with Crippen LogP contribution in [0.4, 0.5) is 4.79 Å². The second-order valence-corrected chi connectivity index (χ2v) is 14.7. The molecular formula is C43H43N7O5. The van der Waals surface area contributed by atoms with E-state index in [9.17, 15) is 14.4 Å². The average molecular weight is 738 g/mol. The minimum atomic E-state index is -0.885. The van der Waals surface area contributed by atoms with Crippen molar-refractivity contribution in [3.63, 3.8) is 0 Å². The first-order valence-corrected chi connectivity index (χ1v) is 19.2. The number of aromatic amines is 2. The standard InChI is InChI=1S/C43H43N7O5/c1-3-9-37(51)49-18-7-12-34(49)40-44-23-33(46-40)27-14-16-29-28(20-27)24-55-36-22-30-26(21-31(29)36)15-17-32-39(30)47-41(45-32)35-13-8-19-50(35)42(52)38(48-43(53)54-2)25-10-5-4-6-11-25/h4-6,10-11,14-17,20-23,34-35,38H,3,7-9,12-13,18-19,24H2,1-2H3,(H,44,46)(H,45,47)(H,48,53)/t34-,35-,38+/m0/s1. The van der Waals surface area contributed by atoms with Crippen LogP contribution in [0.1, 0.15) is 86.3 Å². The van der Waals surface area contributed by atoms with E-state index in [0.29, 0.717) is 31.0 Å². The molecule has 0 bridgehead atoms. The van der Waals surface area contributed by atoms with Gasteiger partial charge in [-0.1, -0.05) is 55.5 Å². The molecule has 6 aromatic rings. The number of nitrogens with one attached hydrogen (secondary N) is 3. The zero-order valence-electron chi connectivity index (χ0n) is 30.9. The fourth-order valence-corrected chi connectivity index (χ4v) is 8.58. The molecule has 3 atom stereocenters. The summed E-state index contributed by atoms with van der Waals surface area (Å²) in [6.45, 7) is 3.80. The third-order valence-electron chi connectivity index (χ3n) is 11.3. The molecule has 5 heterocycles. The highest BCUT2D eigenvalue weighted by molar-refractivity contribution is 6.07. The van der Waals surface area contributed by atoms with E-state index in [-0.39, 0.29) is 23.9 Å². The van der Waals surface area contributed by atoms with Gasteiger partial charge in [0.1, 0.15) is 30.0 Å². The van der Waals surface area contributed by atoms with Gasteiger partial charge < -0.3 is 34.6 Å². The van der Waals surface area contributed by atoms with Gasteiger partial charge in [-0.25, -0.2) is 14.8 Å². The first-order chi connectivity index (χ1) is 26.9. The molecule has 9 rings (SSSR count). The fraction of sp³-hybridized carbons (Fsp3) is 0.326. The van der Waals surface area contributed by atoms with E-state index in [1.54, 1.807) is 0 Å². The Morgan fingerprint density at radius 3 is 2.53 bits per heavy atom. The molecule has 12 heteroatoms. The SMILES string of the molecule is CCCC(=O)N1CCC[C@H]1c1ncc(-c2ccc3c(c2)COc2cc4c(ccc5[nH]c([C@@H]6CCCN6C(=O)[C@H](NC(=O)OC)c6ccccc6)nc54)cc2-3)[nH]1. The Kier molecular flexibility index (Phi) is 8.95. The lowest BCUT2D eigenvalue weighted by Gasteiger charge is -2.28. The van der Waals surface area contributed by atoms with Gasteiger partial charge in [-0.05, 0) is 84.0 Å². The molecule has 2 fully saturated rings. The van der Waals surface area contributed by atoms with Gasteiger partial charge in [-0.15, -0.1) is 0 Å². The molecule has 3 amide bonds. The third-order valence-corrected chi connectivity index (χ3v) is 11.3. The number of ether oxygens (including phenoxy) is 2. The number of likely N-dealkylation sites (tertiary alicyclic amines) is 2. The number of hydrogen-bond donors (Lipinski definition) is 3. The number of H-pyrrole nitrogens is 2. The molecule has 0 aliphatic carbocycles. The number of amides is 3. The van der Waals surface area contributed by atoms with Gasteiger partial charge in [0.2, 0.25) is 5.91 Å². The van der Waals surface area contributed by atoms with Crippen molar-refractivity contribution in [3.8, 4) is 28.1 Å². The van der Waals surface area contributed by atoms with Crippen molar-refractivity contribution in [2.24, 2.45) is 0 Å². The fourth-order valence-electron chi connectivity index (χ4n) is 8.58. The number of carbonyl (C=O) groups is 3. The van der Waals surface area contributed by atoms with Crippen molar-refractivity contribution < 1.29 is 23.9 Å². The Bertz CT molecular complexity index is 2440. The summed E-state index contributed by atoms with van der Waals surface area (Å²) in [4.78, 5) is 59.7. The molecule has 4 aromatic carbocycles. The summed E-state index contributed by atoms with van der Waals surface area (Å²) in [6, 6.07) is 22.9.